The fourth-order valence-electron chi connectivity index (χ4n) is 3.66. The summed E-state index contributed by atoms with van der Waals surface area (Å²) in [7, 11) is 0. The van der Waals surface area contributed by atoms with Gasteiger partial charge in [0.15, 0.2) is 0 Å². The first-order valence-electron chi connectivity index (χ1n) is 8.31. The summed E-state index contributed by atoms with van der Waals surface area (Å²) < 4.78 is 0. The molecule has 1 aliphatic heterocycles. The highest BCUT2D eigenvalue weighted by molar-refractivity contribution is 5.90. The number of hydrogen-bond donors (Lipinski definition) is 1. The average Bonchev–Trinajstić information content (AvgIpc) is 2.54. The number of amides is 2. The lowest BCUT2D eigenvalue weighted by Crippen LogP contribution is -2.53. The van der Waals surface area contributed by atoms with Crippen LogP contribution in [-0.4, -0.2) is 29.8 Å². The number of nitrogens with zero attached hydrogens (tertiary/aromatic N) is 1. The van der Waals surface area contributed by atoms with Gasteiger partial charge in [-0.3, -0.25) is 9.59 Å². The summed E-state index contributed by atoms with van der Waals surface area (Å²) in [6.07, 6.45) is 5.43. The molecular formula is C18H24N2O2. The molecule has 1 heterocycles. The molecule has 0 radical (unpaired) electrons. The van der Waals surface area contributed by atoms with Crippen LogP contribution in [0, 0.1) is 12.8 Å². The van der Waals surface area contributed by atoms with E-state index in [0.29, 0.717) is 13.1 Å². The van der Waals surface area contributed by atoms with Gasteiger partial charge in [0.25, 0.3) is 0 Å². The number of rotatable bonds is 2. The van der Waals surface area contributed by atoms with Crippen molar-refractivity contribution in [1.82, 2.24) is 10.2 Å². The first-order valence-corrected chi connectivity index (χ1v) is 8.31. The minimum Gasteiger partial charge on any atom is -0.352 e. The van der Waals surface area contributed by atoms with Gasteiger partial charge in [0.2, 0.25) is 11.8 Å². The molecule has 0 aromatic heterocycles. The fourth-order valence-corrected chi connectivity index (χ4v) is 3.66. The Morgan fingerprint density at radius 3 is 2.73 bits per heavy atom. The molecule has 1 unspecified atom stereocenters. The van der Waals surface area contributed by atoms with Crippen molar-refractivity contribution in [1.29, 1.82) is 0 Å². The van der Waals surface area contributed by atoms with Gasteiger partial charge < -0.3 is 10.2 Å². The van der Waals surface area contributed by atoms with Crippen LogP contribution in [0.2, 0.25) is 0 Å². The van der Waals surface area contributed by atoms with E-state index in [2.05, 4.69) is 5.32 Å². The van der Waals surface area contributed by atoms with Gasteiger partial charge in [-0.05, 0) is 25.3 Å². The van der Waals surface area contributed by atoms with Crippen LogP contribution < -0.4 is 5.32 Å². The number of carbonyl (C=O) groups is 2. The van der Waals surface area contributed by atoms with Gasteiger partial charge in [0, 0.05) is 19.0 Å². The lowest BCUT2D eigenvalue weighted by molar-refractivity contribution is -0.147. The molecule has 118 valence electrons. The smallest absolute Gasteiger partial charge is 0.247 e. The van der Waals surface area contributed by atoms with Crippen molar-refractivity contribution in [3.63, 3.8) is 0 Å². The van der Waals surface area contributed by atoms with E-state index in [9.17, 15) is 9.59 Å². The quantitative estimate of drug-likeness (QED) is 0.912. The molecule has 22 heavy (non-hydrogen) atoms. The normalized spacial score (nSPS) is 23.2. The highest BCUT2D eigenvalue weighted by atomic mass is 16.2. The predicted molar refractivity (Wildman–Crippen MR) is 85.2 cm³/mol. The molecule has 0 spiro atoms. The van der Waals surface area contributed by atoms with Crippen LogP contribution in [0.1, 0.15) is 49.3 Å². The van der Waals surface area contributed by atoms with Gasteiger partial charge in [0.05, 0.1) is 0 Å². The van der Waals surface area contributed by atoms with E-state index in [1.807, 2.05) is 36.1 Å². The SMILES string of the molecule is Cc1cccc(C2C(=O)NCCN2C(=O)C2CCCCC2)c1. The second-order valence-electron chi connectivity index (χ2n) is 6.47. The molecule has 4 heteroatoms. The van der Waals surface area contributed by atoms with Crippen molar-refractivity contribution in [3.8, 4) is 0 Å². The van der Waals surface area contributed by atoms with E-state index >= 15 is 0 Å². The molecule has 1 saturated carbocycles. The monoisotopic (exact) mass is 300 g/mol. The predicted octanol–water partition coefficient (Wildman–Crippen LogP) is 2.57. The Kier molecular flexibility index (Phi) is 4.46. The van der Waals surface area contributed by atoms with Crippen LogP contribution in [0.25, 0.3) is 0 Å². The average molecular weight is 300 g/mol. The van der Waals surface area contributed by atoms with Crippen molar-refractivity contribution >= 4 is 11.8 Å². The van der Waals surface area contributed by atoms with Crippen LogP contribution in [0.4, 0.5) is 0 Å². The molecule has 1 aromatic rings. The van der Waals surface area contributed by atoms with Crippen LogP contribution in [0.3, 0.4) is 0 Å². The van der Waals surface area contributed by atoms with Crippen molar-refractivity contribution in [3.05, 3.63) is 35.4 Å². The van der Waals surface area contributed by atoms with Crippen LogP contribution >= 0.6 is 0 Å². The summed E-state index contributed by atoms with van der Waals surface area (Å²) in [6, 6.07) is 7.46. The molecule has 2 amide bonds. The highest BCUT2D eigenvalue weighted by Gasteiger charge is 2.37. The number of nitrogens with one attached hydrogen (secondary N) is 1. The lowest BCUT2D eigenvalue weighted by atomic mass is 9.87. The van der Waals surface area contributed by atoms with Gasteiger partial charge in [-0.2, -0.15) is 0 Å². The summed E-state index contributed by atoms with van der Waals surface area (Å²) in [5.74, 6) is 0.217. The molecule has 2 aliphatic rings. The Morgan fingerprint density at radius 1 is 1.23 bits per heavy atom. The van der Waals surface area contributed by atoms with Crippen molar-refractivity contribution < 1.29 is 9.59 Å². The zero-order valence-corrected chi connectivity index (χ0v) is 13.2. The third-order valence-electron chi connectivity index (χ3n) is 4.81. The van der Waals surface area contributed by atoms with E-state index in [-0.39, 0.29) is 17.7 Å². The first-order chi connectivity index (χ1) is 10.7. The first kappa shape index (κ1) is 15.1. The Hall–Kier alpha value is -1.84. The third kappa shape index (κ3) is 3.01. The van der Waals surface area contributed by atoms with E-state index in [1.54, 1.807) is 0 Å². The number of aryl methyl sites for hydroxylation is 1. The van der Waals surface area contributed by atoms with Gasteiger partial charge in [0.1, 0.15) is 6.04 Å². The molecular weight excluding hydrogens is 276 g/mol. The Bertz CT molecular complexity index is 564. The Morgan fingerprint density at radius 2 is 2.00 bits per heavy atom. The molecule has 3 rings (SSSR count). The second-order valence-corrected chi connectivity index (χ2v) is 6.47. The largest absolute Gasteiger partial charge is 0.352 e. The zero-order chi connectivity index (χ0) is 15.5. The molecule has 2 fully saturated rings. The van der Waals surface area contributed by atoms with Gasteiger partial charge in [-0.15, -0.1) is 0 Å². The highest BCUT2D eigenvalue weighted by Crippen LogP contribution is 2.30. The molecule has 1 N–H and O–H groups in total. The molecule has 1 atom stereocenters. The number of piperazine rings is 1. The van der Waals surface area contributed by atoms with Gasteiger partial charge in [-0.1, -0.05) is 49.1 Å². The minimum atomic E-state index is -0.469. The summed E-state index contributed by atoms with van der Waals surface area (Å²) in [4.78, 5) is 27.1. The minimum absolute atomic E-state index is 0.0546. The second kappa shape index (κ2) is 6.51. The Labute approximate surface area is 131 Å². The summed E-state index contributed by atoms with van der Waals surface area (Å²) in [6.45, 7) is 3.18. The van der Waals surface area contributed by atoms with E-state index < -0.39 is 6.04 Å². The fraction of sp³-hybridized carbons (Fsp3) is 0.556. The third-order valence-corrected chi connectivity index (χ3v) is 4.81. The topological polar surface area (TPSA) is 49.4 Å². The molecule has 1 aliphatic carbocycles. The molecule has 1 aromatic carbocycles. The molecule has 1 saturated heterocycles. The van der Waals surface area contributed by atoms with E-state index in [4.69, 9.17) is 0 Å². The maximum atomic E-state index is 12.9. The number of benzene rings is 1. The van der Waals surface area contributed by atoms with Crippen molar-refractivity contribution in [2.75, 3.05) is 13.1 Å². The summed E-state index contributed by atoms with van der Waals surface area (Å²) in [5, 5.41) is 2.91. The lowest BCUT2D eigenvalue weighted by Gasteiger charge is -2.38. The van der Waals surface area contributed by atoms with E-state index in [1.165, 1.54) is 6.42 Å². The van der Waals surface area contributed by atoms with E-state index in [0.717, 1.165) is 36.8 Å². The molecule has 0 bridgehead atoms. The maximum absolute atomic E-state index is 12.9. The van der Waals surface area contributed by atoms with Crippen molar-refractivity contribution in [2.24, 2.45) is 5.92 Å². The summed E-state index contributed by atoms with van der Waals surface area (Å²) in [5.41, 5.74) is 2.03. The zero-order valence-electron chi connectivity index (χ0n) is 13.2. The maximum Gasteiger partial charge on any atom is 0.247 e. The standard InChI is InChI=1S/C18H24N2O2/c1-13-6-5-9-15(12-13)16-17(21)19-10-11-20(16)18(22)14-7-3-2-4-8-14/h5-6,9,12,14,16H,2-4,7-8,10-11H2,1H3,(H,19,21). The number of hydrogen-bond acceptors (Lipinski definition) is 2. The van der Waals surface area contributed by atoms with Crippen LogP contribution in [0.15, 0.2) is 24.3 Å². The Balaban J connectivity index is 1.86. The van der Waals surface area contributed by atoms with Crippen LogP contribution in [0.5, 0.6) is 0 Å². The van der Waals surface area contributed by atoms with Crippen LogP contribution in [-0.2, 0) is 9.59 Å². The number of carbonyl (C=O) groups excluding carboxylic acids is 2. The van der Waals surface area contributed by atoms with Crippen molar-refractivity contribution in [2.45, 2.75) is 45.1 Å². The summed E-state index contributed by atoms with van der Waals surface area (Å²) >= 11 is 0. The van der Waals surface area contributed by atoms with Gasteiger partial charge in [-0.25, -0.2) is 0 Å². The van der Waals surface area contributed by atoms with Gasteiger partial charge >= 0.3 is 0 Å². The molecule has 4 nitrogen and oxygen atoms in total.